The maximum atomic E-state index is 13.9. The van der Waals surface area contributed by atoms with Gasteiger partial charge in [-0.25, -0.2) is 8.42 Å². The van der Waals surface area contributed by atoms with Gasteiger partial charge in [0.25, 0.3) is 0 Å². The molecule has 0 heterocycles. The van der Waals surface area contributed by atoms with E-state index in [-0.39, 0.29) is 48.8 Å². The van der Waals surface area contributed by atoms with Gasteiger partial charge in [0.05, 0.1) is 21.3 Å². The Bertz CT molecular complexity index is 2230. The molecule has 0 aliphatic heterocycles. The number of benzene rings is 1. The van der Waals surface area contributed by atoms with Crippen LogP contribution in [-0.2, 0) is 9.84 Å². The molecule has 6 nitrogen and oxygen atoms in total. The minimum absolute atomic E-state index is 0. The van der Waals surface area contributed by atoms with Crippen molar-refractivity contribution >= 4 is 9.84 Å². The van der Waals surface area contributed by atoms with Crippen LogP contribution in [0.3, 0.4) is 0 Å². The lowest BCUT2D eigenvalue weighted by Gasteiger charge is -2.55. The Kier molecular flexibility index (Phi) is 17.4. The molecule has 19 atom stereocenters. The molecule has 0 aromatic heterocycles. The number of fused-ring (bicyclic) bond motifs is 10. The number of allylic oxidation sites excluding steroid dienone is 2. The smallest absolute Gasteiger partial charge is 0.390 e. The quantitative estimate of drug-likeness (QED) is 0.137. The van der Waals surface area contributed by atoms with E-state index in [1.54, 1.807) is 18.2 Å². The van der Waals surface area contributed by atoms with Crippen LogP contribution in [0.5, 0.6) is 0 Å². The van der Waals surface area contributed by atoms with Crippen LogP contribution < -0.4 is 0 Å². The summed E-state index contributed by atoms with van der Waals surface area (Å²) >= 11 is 0. The average Bonchev–Trinajstić information content (AvgIpc) is 3.83. The first-order valence-corrected chi connectivity index (χ1v) is 29.0. The highest BCUT2D eigenvalue weighted by Gasteiger charge is 2.61. The first-order chi connectivity index (χ1) is 32.7. The van der Waals surface area contributed by atoms with Crippen LogP contribution in [0.1, 0.15) is 192 Å². The average molecular weight is 1060 g/mol. The summed E-state index contributed by atoms with van der Waals surface area (Å²) in [7, 11) is -4.14. The van der Waals surface area contributed by atoms with Crippen molar-refractivity contribution in [2.24, 2.45) is 81.8 Å². The van der Waals surface area contributed by atoms with Gasteiger partial charge in [-0.15, -0.1) is 0 Å². The SMILES string of the molecule is C.C.C[C@H](C(C[C@](C)(O)C(F)(F)F)S(=O)(=O)c1ccccc1)[C@H]1CC[C@H]2[C@@H]3CC=C4C[C@@](C)(O)CC[C@@H]4[C@H]3CC[C@]12C.C[C@H](CC[C@](C)(O)C(F)(F)F)[C@H]1CC[C@H]2[C@@H]3CC=C4C[C@@](C)(O)CC[C@@H]4[C@H]3CC[C@]12C. The lowest BCUT2D eigenvalue weighted by atomic mass is 9.50. The third-order valence-electron chi connectivity index (χ3n) is 21.9. The van der Waals surface area contributed by atoms with Gasteiger partial charge in [0.2, 0.25) is 0 Å². The van der Waals surface area contributed by atoms with Crippen molar-refractivity contribution in [2.45, 2.75) is 237 Å². The number of halogens is 6. The molecule has 0 spiro atoms. The van der Waals surface area contributed by atoms with E-state index in [1.807, 2.05) is 20.8 Å². The number of hydrogen-bond donors (Lipinski definition) is 4. The molecule has 13 heteroatoms. The normalized spacial score (nSPS) is 40.9. The van der Waals surface area contributed by atoms with Crippen molar-refractivity contribution in [2.75, 3.05) is 0 Å². The Balaban J connectivity index is 0.000000239. The highest BCUT2D eigenvalue weighted by molar-refractivity contribution is 7.92. The Labute approximate surface area is 436 Å². The van der Waals surface area contributed by atoms with Gasteiger partial charge in [-0.05, 0) is 237 Å². The molecule has 4 N–H and O–H groups in total. The van der Waals surface area contributed by atoms with Crippen LogP contribution in [0.15, 0.2) is 58.5 Å². The molecule has 0 bridgehead atoms. The van der Waals surface area contributed by atoms with Crippen LogP contribution in [0, 0.1) is 81.8 Å². The number of rotatable bonds is 10. The van der Waals surface area contributed by atoms with Crippen molar-refractivity contribution in [3.8, 4) is 0 Å². The standard InChI is InChI=1S/C32H45F3O4S.C26H41F3O2.2CH4/c1-20(28(19-31(4,37)32(33,34)35)40(38,39)22-8-6-5-7-9-22)26-12-13-27-25-11-10-21-18-29(2,36)16-14-23(21)24(25)15-17-30(26,27)3;1-16(9-14-25(4,31)26(27,28)29)21-7-8-22-20-6-5-17-15-23(2,30)12-10-18(17)19(20)11-13-24(21,22)3;;/h5-10,20,23-28,36-37H,11-19H2,1-4H3;5,16,18-22,30-31H,6-15H2,1-4H3;2*1H4/t20-,23-,24+,25+,26+,27-,28?,29-,30+,31-;16-,18+,19-,20-,21-,22+,23+,24-,25+;;/m01../s1. The summed E-state index contributed by atoms with van der Waals surface area (Å²) in [6.07, 6.45) is 10.4. The molecule has 9 rings (SSSR count). The Morgan fingerprint density at radius 3 is 1.51 bits per heavy atom. The zero-order valence-corrected chi connectivity index (χ0v) is 44.6. The molecule has 6 saturated carbocycles. The van der Waals surface area contributed by atoms with Gasteiger partial charge in [0, 0.05) is 6.42 Å². The summed E-state index contributed by atoms with van der Waals surface area (Å²) in [5.74, 6) is 4.64. The molecular weight excluding hydrogens is 963 g/mol. The van der Waals surface area contributed by atoms with Crippen molar-refractivity contribution in [1.82, 2.24) is 0 Å². The molecule has 1 aromatic rings. The largest absolute Gasteiger partial charge is 0.416 e. The Morgan fingerprint density at radius 1 is 0.616 bits per heavy atom. The summed E-state index contributed by atoms with van der Waals surface area (Å²) in [5, 5.41) is 40.2. The van der Waals surface area contributed by atoms with E-state index in [9.17, 15) is 55.2 Å². The lowest BCUT2D eigenvalue weighted by molar-refractivity contribution is -0.256. The molecule has 0 saturated heterocycles. The zero-order valence-electron chi connectivity index (χ0n) is 43.8. The van der Waals surface area contributed by atoms with E-state index in [0.29, 0.717) is 66.6 Å². The van der Waals surface area contributed by atoms with Gasteiger partial charge < -0.3 is 20.4 Å². The van der Waals surface area contributed by atoms with Gasteiger partial charge in [-0.3, -0.25) is 0 Å². The third kappa shape index (κ3) is 11.4. The summed E-state index contributed by atoms with van der Waals surface area (Å²) in [6.45, 7) is 14.1. The van der Waals surface area contributed by atoms with Gasteiger partial charge >= 0.3 is 12.4 Å². The van der Waals surface area contributed by atoms with E-state index >= 15 is 0 Å². The molecule has 8 aliphatic rings. The van der Waals surface area contributed by atoms with Crippen molar-refractivity contribution in [3.63, 3.8) is 0 Å². The van der Waals surface area contributed by atoms with Crippen molar-refractivity contribution in [3.05, 3.63) is 53.6 Å². The highest BCUT2D eigenvalue weighted by Crippen LogP contribution is 2.67. The van der Waals surface area contributed by atoms with Crippen LogP contribution >= 0.6 is 0 Å². The van der Waals surface area contributed by atoms with Crippen LogP contribution in [0.4, 0.5) is 26.3 Å². The van der Waals surface area contributed by atoms with Gasteiger partial charge in [-0.2, -0.15) is 26.3 Å². The van der Waals surface area contributed by atoms with E-state index in [4.69, 9.17) is 0 Å². The molecule has 1 aromatic carbocycles. The fourth-order valence-corrected chi connectivity index (χ4v) is 20.0. The van der Waals surface area contributed by atoms with Crippen LogP contribution in [-0.4, -0.2) is 68.9 Å². The van der Waals surface area contributed by atoms with Gasteiger partial charge in [0.1, 0.15) is 0 Å². The Hall–Kier alpha value is -1.93. The van der Waals surface area contributed by atoms with Crippen LogP contribution in [0.2, 0.25) is 0 Å². The molecule has 418 valence electrons. The van der Waals surface area contributed by atoms with E-state index in [0.717, 1.165) is 90.4 Å². The minimum atomic E-state index is -4.94. The second-order valence-corrected chi connectivity index (χ2v) is 28.7. The maximum absolute atomic E-state index is 13.9. The molecule has 6 fully saturated rings. The van der Waals surface area contributed by atoms with Gasteiger partial charge in [-0.1, -0.05) is 84.0 Å². The number of hydrogen-bond acceptors (Lipinski definition) is 6. The van der Waals surface area contributed by atoms with E-state index in [2.05, 4.69) is 32.9 Å². The van der Waals surface area contributed by atoms with Crippen molar-refractivity contribution < 1.29 is 55.2 Å². The molecule has 0 radical (unpaired) electrons. The fourth-order valence-electron chi connectivity index (χ4n) is 17.8. The minimum Gasteiger partial charge on any atom is -0.390 e. The molecule has 1 unspecified atom stereocenters. The molecule has 0 amide bonds. The highest BCUT2D eigenvalue weighted by atomic mass is 32.2. The second-order valence-electron chi connectivity index (χ2n) is 26.5. The summed E-state index contributed by atoms with van der Waals surface area (Å²) in [5.41, 5.74) is -3.98. The summed E-state index contributed by atoms with van der Waals surface area (Å²) in [4.78, 5) is 0.00589. The predicted octanol–water partition coefficient (Wildman–Crippen LogP) is 15.0. The lowest BCUT2D eigenvalue weighted by Crippen LogP contribution is -2.51. The molecular formula is C60H94F6O6S. The Morgan fingerprint density at radius 2 is 1.05 bits per heavy atom. The zero-order chi connectivity index (χ0) is 52.1. The number of aliphatic hydroxyl groups is 4. The van der Waals surface area contributed by atoms with E-state index in [1.165, 1.54) is 42.5 Å². The van der Waals surface area contributed by atoms with Gasteiger partial charge in [0.15, 0.2) is 21.0 Å². The van der Waals surface area contributed by atoms with E-state index < -0.39 is 62.2 Å². The monoisotopic (exact) mass is 1060 g/mol. The molecule has 73 heavy (non-hydrogen) atoms. The first kappa shape index (κ1) is 60.3. The fraction of sp³-hybridized carbons (Fsp3) is 0.833. The third-order valence-corrected chi connectivity index (χ3v) is 24.2. The number of sulfone groups is 1. The maximum Gasteiger partial charge on any atom is 0.416 e. The van der Waals surface area contributed by atoms with Crippen molar-refractivity contribution in [1.29, 1.82) is 0 Å². The number of alkyl halides is 6. The second kappa shape index (κ2) is 21.0. The topological polar surface area (TPSA) is 115 Å². The first-order valence-electron chi connectivity index (χ1n) is 27.4. The molecule has 8 aliphatic carbocycles. The predicted molar refractivity (Wildman–Crippen MR) is 279 cm³/mol. The summed E-state index contributed by atoms with van der Waals surface area (Å²) < 4.78 is 109. The summed E-state index contributed by atoms with van der Waals surface area (Å²) in [6, 6.07) is 7.73. The van der Waals surface area contributed by atoms with Crippen LogP contribution in [0.25, 0.3) is 0 Å².